The number of benzene rings is 1. The van der Waals surface area contributed by atoms with E-state index in [0.29, 0.717) is 12.6 Å². The van der Waals surface area contributed by atoms with Crippen molar-refractivity contribution in [2.75, 3.05) is 19.6 Å². The maximum atomic E-state index is 12.2. The number of hydrogen-bond acceptors (Lipinski definition) is 3. The highest BCUT2D eigenvalue weighted by molar-refractivity contribution is 14.0. The Kier molecular flexibility index (Phi) is 10.5. The first-order valence-electron chi connectivity index (χ1n) is 9.12. The molecule has 6 nitrogen and oxygen atoms in total. The number of nitrogens with zero attached hydrogens (tertiary/aromatic N) is 1. The predicted molar refractivity (Wildman–Crippen MR) is 118 cm³/mol. The Labute approximate surface area is 174 Å². The Bertz CT molecular complexity index is 656. The Balaban J connectivity index is 0.00000338. The van der Waals surface area contributed by atoms with Gasteiger partial charge in [0.1, 0.15) is 0 Å². The summed E-state index contributed by atoms with van der Waals surface area (Å²) < 4.78 is 27.1. The van der Waals surface area contributed by atoms with Crippen LogP contribution in [0.4, 0.5) is 0 Å². The molecule has 3 N–H and O–H groups in total. The molecule has 0 radical (unpaired) electrons. The number of sulfonamides is 1. The predicted octanol–water partition coefficient (Wildman–Crippen LogP) is 2.78. The summed E-state index contributed by atoms with van der Waals surface area (Å²) in [5.41, 5.74) is 1.03. The van der Waals surface area contributed by atoms with Crippen LogP contribution in [-0.4, -0.2) is 40.1 Å². The Morgan fingerprint density at radius 1 is 1.15 bits per heavy atom. The number of rotatable bonds is 7. The average molecular weight is 494 g/mol. The van der Waals surface area contributed by atoms with Crippen LogP contribution in [0.15, 0.2) is 34.2 Å². The van der Waals surface area contributed by atoms with Crippen LogP contribution >= 0.6 is 24.0 Å². The minimum atomic E-state index is -3.47. The van der Waals surface area contributed by atoms with Gasteiger partial charge < -0.3 is 10.6 Å². The minimum absolute atomic E-state index is 0. The maximum absolute atomic E-state index is 12.2. The van der Waals surface area contributed by atoms with Gasteiger partial charge in [0.05, 0.1) is 11.4 Å². The fourth-order valence-corrected chi connectivity index (χ4v) is 3.93. The summed E-state index contributed by atoms with van der Waals surface area (Å²) >= 11 is 0. The van der Waals surface area contributed by atoms with Crippen molar-refractivity contribution in [1.29, 1.82) is 0 Å². The molecule has 1 aromatic carbocycles. The van der Waals surface area contributed by atoms with Crippen LogP contribution in [0, 0.1) is 6.92 Å². The number of guanidine groups is 1. The zero-order chi connectivity index (χ0) is 18.1. The van der Waals surface area contributed by atoms with Gasteiger partial charge in [0, 0.05) is 19.1 Å². The van der Waals surface area contributed by atoms with Crippen molar-refractivity contribution >= 4 is 40.0 Å². The van der Waals surface area contributed by atoms with Crippen LogP contribution < -0.4 is 15.4 Å². The molecule has 1 fully saturated rings. The summed E-state index contributed by atoms with van der Waals surface area (Å²) in [6.45, 7) is 5.41. The lowest BCUT2D eigenvalue weighted by molar-refractivity contribution is 0.410. The molecule has 26 heavy (non-hydrogen) atoms. The van der Waals surface area contributed by atoms with Crippen molar-refractivity contribution in [2.45, 2.75) is 56.9 Å². The average Bonchev–Trinajstić information content (AvgIpc) is 2.60. The van der Waals surface area contributed by atoms with Crippen LogP contribution in [0.5, 0.6) is 0 Å². The molecule has 0 heterocycles. The molecule has 1 aliphatic carbocycles. The molecule has 1 aromatic rings. The van der Waals surface area contributed by atoms with Crippen molar-refractivity contribution in [2.24, 2.45) is 4.99 Å². The monoisotopic (exact) mass is 494 g/mol. The van der Waals surface area contributed by atoms with E-state index in [1.54, 1.807) is 24.3 Å². The van der Waals surface area contributed by atoms with E-state index < -0.39 is 10.0 Å². The van der Waals surface area contributed by atoms with Crippen LogP contribution in [0.3, 0.4) is 0 Å². The Morgan fingerprint density at radius 3 is 2.42 bits per heavy atom. The summed E-state index contributed by atoms with van der Waals surface area (Å²) in [4.78, 5) is 4.77. The summed E-state index contributed by atoms with van der Waals surface area (Å²) in [5.74, 6) is 0.768. The largest absolute Gasteiger partial charge is 0.357 e. The molecule has 0 saturated heterocycles. The third-order valence-electron chi connectivity index (χ3n) is 4.30. The minimum Gasteiger partial charge on any atom is -0.357 e. The van der Waals surface area contributed by atoms with Gasteiger partial charge in [-0.1, -0.05) is 37.0 Å². The molecule has 2 rings (SSSR count). The van der Waals surface area contributed by atoms with Gasteiger partial charge in [-0.2, -0.15) is 0 Å². The van der Waals surface area contributed by atoms with Crippen molar-refractivity contribution in [3.05, 3.63) is 29.8 Å². The van der Waals surface area contributed by atoms with E-state index in [1.165, 1.54) is 32.1 Å². The van der Waals surface area contributed by atoms with Gasteiger partial charge in [0.2, 0.25) is 10.0 Å². The normalized spacial score (nSPS) is 16.0. The molecule has 0 atom stereocenters. The summed E-state index contributed by atoms with van der Waals surface area (Å²) in [6.07, 6.45) is 6.17. The van der Waals surface area contributed by atoms with Crippen molar-refractivity contribution in [1.82, 2.24) is 15.4 Å². The van der Waals surface area contributed by atoms with E-state index in [0.717, 1.165) is 18.1 Å². The second kappa shape index (κ2) is 11.8. The molecule has 0 bridgehead atoms. The molecular weight excluding hydrogens is 463 g/mol. The molecule has 148 valence electrons. The Morgan fingerprint density at radius 2 is 1.81 bits per heavy atom. The third-order valence-corrected chi connectivity index (χ3v) is 5.77. The molecule has 0 amide bonds. The van der Waals surface area contributed by atoms with E-state index in [4.69, 9.17) is 0 Å². The molecule has 8 heteroatoms. The van der Waals surface area contributed by atoms with E-state index in [9.17, 15) is 8.42 Å². The highest BCUT2D eigenvalue weighted by atomic mass is 127. The maximum Gasteiger partial charge on any atom is 0.240 e. The van der Waals surface area contributed by atoms with Crippen molar-refractivity contribution < 1.29 is 8.42 Å². The van der Waals surface area contributed by atoms with Gasteiger partial charge in [-0.05, 0) is 38.8 Å². The molecule has 1 saturated carbocycles. The molecule has 0 unspecified atom stereocenters. The number of halogens is 1. The smallest absolute Gasteiger partial charge is 0.240 e. The lowest BCUT2D eigenvalue weighted by atomic mass is 9.96. The third kappa shape index (κ3) is 7.79. The topological polar surface area (TPSA) is 82.6 Å². The van der Waals surface area contributed by atoms with Crippen LogP contribution in [0.2, 0.25) is 0 Å². The first kappa shape index (κ1) is 23.2. The number of aryl methyl sites for hydroxylation is 1. The zero-order valence-corrected chi connectivity index (χ0v) is 18.8. The lowest BCUT2D eigenvalue weighted by Gasteiger charge is -2.24. The fourth-order valence-electron chi connectivity index (χ4n) is 2.91. The summed E-state index contributed by atoms with van der Waals surface area (Å²) in [5, 5.41) is 6.68. The van der Waals surface area contributed by atoms with Gasteiger partial charge in [-0.25, -0.2) is 13.1 Å². The summed E-state index contributed by atoms with van der Waals surface area (Å²) in [7, 11) is -3.47. The lowest BCUT2D eigenvalue weighted by Crippen LogP contribution is -2.44. The van der Waals surface area contributed by atoms with Crippen molar-refractivity contribution in [3.63, 3.8) is 0 Å². The van der Waals surface area contributed by atoms with Crippen LogP contribution in [0.1, 0.15) is 44.6 Å². The number of aliphatic imine (C=N–C) groups is 1. The van der Waals surface area contributed by atoms with Gasteiger partial charge in [0.25, 0.3) is 0 Å². The first-order valence-corrected chi connectivity index (χ1v) is 10.6. The fraction of sp³-hybridized carbons (Fsp3) is 0.611. The molecule has 1 aliphatic rings. The molecule has 0 spiro atoms. The number of hydrogen-bond donors (Lipinski definition) is 3. The highest BCUT2D eigenvalue weighted by Gasteiger charge is 2.15. The second-order valence-electron chi connectivity index (χ2n) is 6.45. The first-order chi connectivity index (χ1) is 12.0. The highest BCUT2D eigenvalue weighted by Crippen LogP contribution is 2.17. The van der Waals surface area contributed by atoms with E-state index in [1.807, 2.05) is 13.8 Å². The van der Waals surface area contributed by atoms with Gasteiger partial charge >= 0.3 is 0 Å². The van der Waals surface area contributed by atoms with Gasteiger partial charge in [-0.15, -0.1) is 24.0 Å². The number of nitrogens with one attached hydrogen (secondary N) is 3. The molecule has 0 aliphatic heterocycles. The van der Waals surface area contributed by atoms with E-state index in [-0.39, 0.29) is 35.4 Å². The molecule has 0 aromatic heterocycles. The quantitative estimate of drug-likeness (QED) is 0.236. The van der Waals surface area contributed by atoms with Gasteiger partial charge in [-0.3, -0.25) is 4.99 Å². The molecular formula is C18H31IN4O2S. The summed E-state index contributed by atoms with van der Waals surface area (Å²) in [6, 6.07) is 7.30. The van der Waals surface area contributed by atoms with Crippen LogP contribution in [-0.2, 0) is 10.0 Å². The standard InChI is InChI=1S/C18H30N4O2S.HI/c1-3-19-18(22-16-7-5-4-6-8-16)20-13-14-21-25(23,24)17-11-9-15(2)10-12-17;/h9-12,16,21H,3-8,13-14H2,1-2H3,(H2,19,20,22);1H. The second-order valence-corrected chi connectivity index (χ2v) is 8.22. The van der Waals surface area contributed by atoms with E-state index in [2.05, 4.69) is 20.3 Å². The van der Waals surface area contributed by atoms with Gasteiger partial charge in [0.15, 0.2) is 5.96 Å². The van der Waals surface area contributed by atoms with Crippen molar-refractivity contribution in [3.8, 4) is 0 Å². The zero-order valence-electron chi connectivity index (χ0n) is 15.6. The Hall–Kier alpha value is -0.870. The SMILES string of the molecule is CCNC(=NCCNS(=O)(=O)c1ccc(C)cc1)NC1CCCCC1.I. The van der Waals surface area contributed by atoms with E-state index >= 15 is 0 Å². The van der Waals surface area contributed by atoms with Crippen LogP contribution in [0.25, 0.3) is 0 Å².